The fourth-order valence-electron chi connectivity index (χ4n) is 3.72. The lowest BCUT2D eigenvalue weighted by atomic mass is 10.0. The lowest BCUT2D eigenvalue weighted by molar-refractivity contribution is 0.226. The number of carbonyl (C=O) groups is 4. The Bertz CT molecular complexity index is 912. The van der Waals surface area contributed by atoms with Gasteiger partial charge in [0, 0.05) is 38.3 Å². The fraction of sp³-hybridized carbons (Fsp3) is 0.630. The summed E-state index contributed by atoms with van der Waals surface area (Å²) >= 11 is 0. The van der Waals surface area contributed by atoms with E-state index in [1.165, 1.54) is 0 Å². The van der Waals surface area contributed by atoms with Crippen molar-refractivity contribution in [2.24, 2.45) is 17.4 Å². The van der Waals surface area contributed by atoms with Gasteiger partial charge in [-0.3, -0.25) is 0 Å². The molecular weight excluding hydrogens is 514 g/mol. The van der Waals surface area contributed by atoms with Crippen LogP contribution >= 0.6 is 0 Å². The summed E-state index contributed by atoms with van der Waals surface area (Å²) < 4.78 is 0. The second-order valence-electron chi connectivity index (χ2n) is 10.5. The Kier molecular flexibility index (Phi) is 16.6. The number of nitrogens with one attached hydrogen (secondary N) is 7. The van der Waals surface area contributed by atoms with E-state index >= 15 is 0 Å². The summed E-state index contributed by atoms with van der Waals surface area (Å²) in [6, 6.07) is 5.22. The molecule has 0 radical (unpaired) electrons. The van der Waals surface area contributed by atoms with E-state index in [0.29, 0.717) is 31.8 Å². The zero-order valence-electron chi connectivity index (χ0n) is 24.3. The van der Waals surface area contributed by atoms with E-state index in [1.807, 2.05) is 45.0 Å². The molecule has 3 atom stereocenters. The first-order valence-corrected chi connectivity index (χ1v) is 13.9. The zero-order valence-corrected chi connectivity index (χ0v) is 24.3. The van der Waals surface area contributed by atoms with Crippen molar-refractivity contribution in [1.82, 2.24) is 37.2 Å². The molecule has 0 aliphatic carbocycles. The molecule has 226 valence electrons. The smallest absolute Gasteiger partial charge is 0.315 e. The Morgan fingerprint density at radius 1 is 0.725 bits per heavy atom. The molecule has 11 N–H and O–H groups in total. The minimum atomic E-state index is -0.670. The highest BCUT2D eigenvalue weighted by molar-refractivity contribution is 5.76. The maximum Gasteiger partial charge on any atom is 0.315 e. The van der Waals surface area contributed by atoms with Crippen molar-refractivity contribution >= 4 is 24.1 Å². The number of hydrogen-bond acceptors (Lipinski definition) is 5. The van der Waals surface area contributed by atoms with Gasteiger partial charge in [-0.1, -0.05) is 50.1 Å². The average Bonchev–Trinajstić information content (AvgIpc) is 2.89. The SMILES string of the molecule is Cc1ccc(C[C@@H](CNC(=O)N[C@@H](CCCCN)CNC(=O)N[C@@H](C)CNC(N)=O)NC(=O)NCC(C)C)cc1. The fourth-order valence-corrected chi connectivity index (χ4v) is 3.72. The molecule has 13 nitrogen and oxygen atoms in total. The van der Waals surface area contributed by atoms with Gasteiger partial charge in [0.2, 0.25) is 0 Å². The molecule has 0 bridgehead atoms. The molecule has 0 saturated carbocycles. The Hall–Kier alpha value is -3.74. The normalized spacial score (nSPS) is 12.9. The second-order valence-corrected chi connectivity index (χ2v) is 10.5. The average molecular weight is 564 g/mol. The molecule has 8 amide bonds. The third-order valence-electron chi connectivity index (χ3n) is 5.93. The predicted molar refractivity (Wildman–Crippen MR) is 157 cm³/mol. The van der Waals surface area contributed by atoms with Gasteiger partial charge in [-0.05, 0) is 51.1 Å². The third-order valence-corrected chi connectivity index (χ3v) is 5.93. The monoisotopic (exact) mass is 563 g/mol. The number of primary amides is 1. The molecule has 0 saturated heterocycles. The highest BCUT2D eigenvalue weighted by Gasteiger charge is 2.18. The Labute approximate surface area is 237 Å². The molecule has 0 aliphatic rings. The van der Waals surface area contributed by atoms with Crippen molar-refractivity contribution in [2.45, 2.75) is 71.5 Å². The van der Waals surface area contributed by atoms with Crippen LogP contribution in [0.3, 0.4) is 0 Å². The molecule has 0 unspecified atom stereocenters. The highest BCUT2D eigenvalue weighted by atomic mass is 16.2. The second kappa shape index (κ2) is 19.3. The molecule has 13 heteroatoms. The van der Waals surface area contributed by atoms with Crippen LogP contribution in [0.15, 0.2) is 24.3 Å². The number of benzene rings is 1. The van der Waals surface area contributed by atoms with Gasteiger partial charge in [-0.25, -0.2) is 19.2 Å². The van der Waals surface area contributed by atoms with Crippen LogP contribution in [-0.2, 0) is 6.42 Å². The van der Waals surface area contributed by atoms with E-state index in [2.05, 4.69) is 37.2 Å². The summed E-state index contributed by atoms with van der Waals surface area (Å²) in [6.07, 6.45) is 2.72. The van der Waals surface area contributed by atoms with Gasteiger partial charge in [-0.15, -0.1) is 0 Å². The van der Waals surface area contributed by atoms with Gasteiger partial charge < -0.3 is 48.7 Å². The molecule has 1 aromatic rings. The van der Waals surface area contributed by atoms with E-state index < -0.39 is 18.1 Å². The summed E-state index contributed by atoms with van der Waals surface area (Å²) in [5.41, 5.74) is 12.8. The summed E-state index contributed by atoms with van der Waals surface area (Å²) in [5, 5.41) is 19.4. The van der Waals surface area contributed by atoms with Crippen LogP contribution in [0.1, 0.15) is 51.2 Å². The molecular formula is C27H49N9O4. The molecule has 0 spiro atoms. The maximum atomic E-state index is 12.8. The number of unbranched alkanes of at least 4 members (excludes halogenated alkanes) is 1. The van der Waals surface area contributed by atoms with Crippen molar-refractivity contribution in [3.8, 4) is 0 Å². The molecule has 0 fully saturated rings. The summed E-state index contributed by atoms with van der Waals surface area (Å²) in [5.74, 6) is 0.312. The minimum absolute atomic E-state index is 0.191. The largest absolute Gasteiger partial charge is 0.352 e. The Balaban J connectivity index is 2.69. The lowest BCUT2D eigenvalue weighted by Crippen LogP contribution is -2.54. The number of carbonyl (C=O) groups excluding carboxylic acids is 4. The van der Waals surface area contributed by atoms with E-state index in [4.69, 9.17) is 11.5 Å². The topological polar surface area (TPSA) is 205 Å². The van der Waals surface area contributed by atoms with Crippen LogP contribution in [0, 0.1) is 12.8 Å². The van der Waals surface area contributed by atoms with Gasteiger partial charge in [-0.2, -0.15) is 0 Å². The first-order chi connectivity index (χ1) is 19.0. The van der Waals surface area contributed by atoms with Gasteiger partial charge in [0.1, 0.15) is 0 Å². The van der Waals surface area contributed by atoms with E-state index in [0.717, 1.165) is 24.0 Å². The first kappa shape index (κ1) is 34.3. The molecule has 40 heavy (non-hydrogen) atoms. The van der Waals surface area contributed by atoms with Crippen molar-refractivity contribution < 1.29 is 19.2 Å². The van der Waals surface area contributed by atoms with Gasteiger partial charge in [0.05, 0.1) is 6.04 Å². The number of urea groups is 4. The van der Waals surface area contributed by atoms with Crippen LogP contribution in [-0.4, -0.2) is 75.0 Å². The number of amides is 8. The van der Waals surface area contributed by atoms with Gasteiger partial charge in [0.15, 0.2) is 0 Å². The molecule has 1 aromatic carbocycles. The molecule has 1 rings (SSSR count). The quantitative estimate of drug-likeness (QED) is 0.127. The van der Waals surface area contributed by atoms with Crippen molar-refractivity contribution in [1.29, 1.82) is 0 Å². The third kappa shape index (κ3) is 17.0. The van der Waals surface area contributed by atoms with E-state index in [9.17, 15) is 19.2 Å². The Morgan fingerprint density at radius 2 is 1.27 bits per heavy atom. The van der Waals surface area contributed by atoms with Crippen LogP contribution in [0.25, 0.3) is 0 Å². The Morgan fingerprint density at radius 3 is 1.85 bits per heavy atom. The number of rotatable bonds is 17. The van der Waals surface area contributed by atoms with Crippen LogP contribution < -0.4 is 48.7 Å². The van der Waals surface area contributed by atoms with E-state index in [1.54, 1.807) is 6.92 Å². The highest BCUT2D eigenvalue weighted by Crippen LogP contribution is 2.06. The van der Waals surface area contributed by atoms with Crippen LogP contribution in [0.2, 0.25) is 0 Å². The van der Waals surface area contributed by atoms with Gasteiger partial charge >= 0.3 is 24.1 Å². The summed E-state index contributed by atoms with van der Waals surface area (Å²) in [4.78, 5) is 48.3. The lowest BCUT2D eigenvalue weighted by Gasteiger charge is -2.23. The van der Waals surface area contributed by atoms with Gasteiger partial charge in [0.25, 0.3) is 0 Å². The van der Waals surface area contributed by atoms with Crippen LogP contribution in [0.5, 0.6) is 0 Å². The number of hydrogen-bond donors (Lipinski definition) is 9. The number of aryl methyl sites for hydroxylation is 1. The number of nitrogens with two attached hydrogens (primary N) is 2. The standard InChI is InChI=1S/C27H49N9O4/c1-18(2)14-31-26(39)36-23(13-21-10-8-19(3)9-11-21)17-33-27(40)35-22(7-5-6-12-28)16-32-25(38)34-20(4)15-30-24(29)37/h8-11,18,20,22-23H,5-7,12-17,28H2,1-4H3,(H3,29,30,37)(H2,31,36,39)(H2,32,34,38)(H2,33,35,40)/t20-,22-,23-/m0/s1. The van der Waals surface area contributed by atoms with Crippen molar-refractivity contribution in [3.05, 3.63) is 35.4 Å². The minimum Gasteiger partial charge on any atom is -0.352 e. The zero-order chi connectivity index (χ0) is 29.9. The molecule has 0 aliphatic heterocycles. The molecule has 0 heterocycles. The maximum absolute atomic E-state index is 12.8. The predicted octanol–water partition coefficient (Wildman–Crippen LogP) is 1.01. The van der Waals surface area contributed by atoms with Crippen LogP contribution in [0.4, 0.5) is 19.2 Å². The van der Waals surface area contributed by atoms with E-state index in [-0.39, 0.29) is 43.8 Å². The van der Waals surface area contributed by atoms with Crippen molar-refractivity contribution in [2.75, 3.05) is 32.7 Å². The summed E-state index contributed by atoms with van der Waals surface area (Å²) in [6.45, 7) is 9.44. The van der Waals surface area contributed by atoms with Crippen molar-refractivity contribution in [3.63, 3.8) is 0 Å². The molecule has 0 aromatic heterocycles. The first-order valence-electron chi connectivity index (χ1n) is 13.9. The summed E-state index contributed by atoms with van der Waals surface area (Å²) in [7, 11) is 0.